The first-order valence-corrected chi connectivity index (χ1v) is 9.12. The largest absolute Gasteiger partial charge is 0.352 e. The number of carbonyl (C=O) groups is 1. The van der Waals surface area contributed by atoms with Gasteiger partial charge in [0.1, 0.15) is 0 Å². The molecule has 0 saturated heterocycles. The average Bonchev–Trinajstić information content (AvgIpc) is 3.18. The molecule has 4 rings (SSSR count). The van der Waals surface area contributed by atoms with E-state index in [4.69, 9.17) is 0 Å². The van der Waals surface area contributed by atoms with Crippen molar-refractivity contribution in [3.63, 3.8) is 0 Å². The molecular weight excluding hydrogens is 334 g/mol. The predicted molar refractivity (Wildman–Crippen MR) is 109 cm³/mol. The number of carbonyl (C=O) groups excluding carboxylic acids is 1. The predicted octanol–water partition coefficient (Wildman–Crippen LogP) is 5.13. The van der Waals surface area contributed by atoms with Crippen LogP contribution in [-0.4, -0.2) is 20.5 Å². The van der Waals surface area contributed by atoms with E-state index in [1.807, 2.05) is 23.7 Å². The van der Waals surface area contributed by atoms with E-state index in [1.165, 1.54) is 16.7 Å². The molecule has 0 radical (unpaired) electrons. The smallest absolute Gasteiger partial charge is 0.212 e. The SMILES string of the molecule is Cc1ccc(-n2ncc(C(=O)c3cc4cc(C)c(C)cc4[nH]3)c2C)c(C)c1. The third-order valence-corrected chi connectivity index (χ3v) is 5.31. The van der Waals surface area contributed by atoms with E-state index in [1.54, 1.807) is 6.20 Å². The second-order valence-electron chi connectivity index (χ2n) is 7.38. The van der Waals surface area contributed by atoms with Crippen LogP contribution in [-0.2, 0) is 0 Å². The number of hydrogen-bond acceptors (Lipinski definition) is 2. The minimum atomic E-state index is -0.0324. The van der Waals surface area contributed by atoms with Crippen LogP contribution < -0.4 is 0 Å². The third kappa shape index (κ3) is 2.87. The lowest BCUT2D eigenvalue weighted by Gasteiger charge is -2.09. The van der Waals surface area contributed by atoms with Crippen LogP contribution in [0.1, 0.15) is 44.0 Å². The molecule has 4 nitrogen and oxygen atoms in total. The lowest BCUT2D eigenvalue weighted by molar-refractivity contribution is 0.103. The maximum Gasteiger partial charge on any atom is 0.212 e. The lowest BCUT2D eigenvalue weighted by Crippen LogP contribution is -2.06. The highest BCUT2D eigenvalue weighted by atomic mass is 16.1. The van der Waals surface area contributed by atoms with Gasteiger partial charge in [0.25, 0.3) is 0 Å². The van der Waals surface area contributed by atoms with Crippen molar-refractivity contribution in [3.8, 4) is 5.69 Å². The molecule has 0 fully saturated rings. The Morgan fingerprint density at radius 1 is 0.926 bits per heavy atom. The Kier molecular flexibility index (Phi) is 3.99. The molecule has 0 bridgehead atoms. The summed E-state index contributed by atoms with van der Waals surface area (Å²) in [5, 5.41) is 5.54. The zero-order valence-electron chi connectivity index (χ0n) is 16.3. The summed E-state index contributed by atoms with van der Waals surface area (Å²) in [4.78, 5) is 16.4. The van der Waals surface area contributed by atoms with Crippen LogP contribution in [0.15, 0.2) is 42.6 Å². The zero-order chi connectivity index (χ0) is 19.3. The molecular formula is C23H23N3O. The van der Waals surface area contributed by atoms with Crippen LogP contribution in [0.4, 0.5) is 0 Å². The highest BCUT2D eigenvalue weighted by molar-refractivity contribution is 6.10. The molecule has 2 aromatic heterocycles. The number of hydrogen-bond donors (Lipinski definition) is 1. The first kappa shape index (κ1) is 17.3. The summed E-state index contributed by atoms with van der Waals surface area (Å²) >= 11 is 0. The van der Waals surface area contributed by atoms with Crippen molar-refractivity contribution in [1.82, 2.24) is 14.8 Å². The van der Waals surface area contributed by atoms with Crippen molar-refractivity contribution in [2.45, 2.75) is 34.6 Å². The highest BCUT2D eigenvalue weighted by Gasteiger charge is 2.19. The van der Waals surface area contributed by atoms with Crippen molar-refractivity contribution in [2.75, 3.05) is 0 Å². The monoisotopic (exact) mass is 357 g/mol. The van der Waals surface area contributed by atoms with E-state index in [0.29, 0.717) is 11.3 Å². The minimum absolute atomic E-state index is 0.0324. The van der Waals surface area contributed by atoms with Gasteiger partial charge in [-0.05, 0) is 75.6 Å². The van der Waals surface area contributed by atoms with Gasteiger partial charge in [0.05, 0.1) is 28.8 Å². The van der Waals surface area contributed by atoms with Gasteiger partial charge in [-0.3, -0.25) is 4.79 Å². The molecule has 4 aromatic rings. The Labute approximate surface area is 158 Å². The molecule has 27 heavy (non-hydrogen) atoms. The number of fused-ring (bicyclic) bond motifs is 1. The van der Waals surface area contributed by atoms with Gasteiger partial charge in [-0.25, -0.2) is 4.68 Å². The van der Waals surface area contributed by atoms with E-state index >= 15 is 0 Å². The molecule has 136 valence electrons. The molecule has 0 atom stereocenters. The molecule has 0 aliphatic heterocycles. The first-order chi connectivity index (χ1) is 12.8. The van der Waals surface area contributed by atoms with Gasteiger partial charge < -0.3 is 4.98 Å². The number of aromatic amines is 1. The summed E-state index contributed by atoms with van der Waals surface area (Å²) in [5.74, 6) is -0.0324. The van der Waals surface area contributed by atoms with Gasteiger partial charge in [-0.15, -0.1) is 0 Å². The molecule has 0 aliphatic rings. The summed E-state index contributed by atoms with van der Waals surface area (Å²) in [6, 6.07) is 12.4. The highest BCUT2D eigenvalue weighted by Crippen LogP contribution is 2.24. The number of benzene rings is 2. The molecule has 0 aliphatic carbocycles. The maximum absolute atomic E-state index is 13.1. The Hall–Kier alpha value is -3.14. The standard InChI is InChI=1S/C23H23N3O/c1-13-6-7-22(16(4)8-13)26-17(5)19(12-24-26)23(27)21-11-18-9-14(2)15(3)10-20(18)25-21/h6-12,25H,1-5H3. The van der Waals surface area contributed by atoms with E-state index in [9.17, 15) is 4.79 Å². The van der Waals surface area contributed by atoms with E-state index < -0.39 is 0 Å². The van der Waals surface area contributed by atoms with Crippen LogP contribution >= 0.6 is 0 Å². The summed E-state index contributed by atoms with van der Waals surface area (Å²) in [6.45, 7) is 10.2. The molecule has 0 spiro atoms. The summed E-state index contributed by atoms with van der Waals surface area (Å²) in [7, 11) is 0. The van der Waals surface area contributed by atoms with Crippen molar-refractivity contribution >= 4 is 16.7 Å². The number of H-pyrrole nitrogens is 1. The van der Waals surface area contributed by atoms with Crippen molar-refractivity contribution < 1.29 is 4.79 Å². The fourth-order valence-electron chi connectivity index (χ4n) is 3.59. The van der Waals surface area contributed by atoms with Crippen LogP contribution in [0.25, 0.3) is 16.6 Å². The van der Waals surface area contributed by atoms with Gasteiger partial charge in [0, 0.05) is 10.9 Å². The number of rotatable bonds is 3. The zero-order valence-corrected chi connectivity index (χ0v) is 16.3. The van der Waals surface area contributed by atoms with E-state index in [-0.39, 0.29) is 5.78 Å². The molecule has 4 heteroatoms. The number of aryl methyl sites for hydroxylation is 4. The van der Waals surface area contributed by atoms with Crippen molar-refractivity contribution in [2.24, 2.45) is 0 Å². The molecule has 0 saturated carbocycles. The third-order valence-electron chi connectivity index (χ3n) is 5.31. The number of ketones is 1. The van der Waals surface area contributed by atoms with Crippen LogP contribution in [0.3, 0.4) is 0 Å². The Morgan fingerprint density at radius 3 is 2.41 bits per heavy atom. The van der Waals surface area contributed by atoms with E-state index in [0.717, 1.165) is 27.8 Å². The molecule has 2 heterocycles. The quantitative estimate of drug-likeness (QED) is 0.517. The van der Waals surface area contributed by atoms with Crippen LogP contribution in [0, 0.1) is 34.6 Å². The fourth-order valence-corrected chi connectivity index (χ4v) is 3.59. The lowest BCUT2D eigenvalue weighted by atomic mass is 10.1. The van der Waals surface area contributed by atoms with Gasteiger partial charge in [0.15, 0.2) is 0 Å². The van der Waals surface area contributed by atoms with Gasteiger partial charge in [-0.2, -0.15) is 5.10 Å². The van der Waals surface area contributed by atoms with Gasteiger partial charge in [0.2, 0.25) is 5.78 Å². The average molecular weight is 357 g/mol. The van der Waals surface area contributed by atoms with Gasteiger partial charge in [-0.1, -0.05) is 17.7 Å². The Balaban J connectivity index is 1.76. The van der Waals surface area contributed by atoms with Crippen molar-refractivity contribution in [3.05, 3.63) is 81.8 Å². The summed E-state index contributed by atoms with van der Waals surface area (Å²) < 4.78 is 1.85. The summed E-state index contributed by atoms with van der Waals surface area (Å²) in [5.41, 5.74) is 8.83. The number of aromatic nitrogens is 3. The maximum atomic E-state index is 13.1. The normalized spacial score (nSPS) is 11.3. The molecule has 0 amide bonds. The Morgan fingerprint density at radius 2 is 1.67 bits per heavy atom. The number of nitrogens with zero attached hydrogens (tertiary/aromatic N) is 2. The Bertz CT molecular complexity index is 1160. The van der Waals surface area contributed by atoms with Gasteiger partial charge >= 0.3 is 0 Å². The minimum Gasteiger partial charge on any atom is -0.352 e. The number of nitrogens with one attached hydrogen (secondary N) is 1. The first-order valence-electron chi connectivity index (χ1n) is 9.12. The second-order valence-corrected chi connectivity index (χ2v) is 7.38. The summed E-state index contributed by atoms with van der Waals surface area (Å²) in [6.07, 6.45) is 1.67. The van der Waals surface area contributed by atoms with E-state index in [2.05, 4.69) is 62.0 Å². The van der Waals surface area contributed by atoms with Crippen LogP contribution in [0.2, 0.25) is 0 Å². The van der Waals surface area contributed by atoms with Crippen molar-refractivity contribution in [1.29, 1.82) is 0 Å². The second kappa shape index (κ2) is 6.23. The molecule has 2 aromatic carbocycles. The molecule has 1 N–H and O–H groups in total. The van der Waals surface area contributed by atoms with Crippen LogP contribution in [0.5, 0.6) is 0 Å². The topological polar surface area (TPSA) is 50.7 Å². The fraction of sp³-hybridized carbons (Fsp3) is 0.217. The molecule has 0 unspecified atom stereocenters.